The second-order valence-corrected chi connectivity index (χ2v) is 5.00. The third-order valence-corrected chi connectivity index (χ3v) is 3.72. The number of hydrogen-bond acceptors (Lipinski definition) is 2. The van der Waals surface area contributed by atoms with Crippen molar-refractivity contribution in [3.05, 3.63) is 52.8 Å². The molecule has 0 fully saturated rings. The van der Waals surface area contributed by atoms with E-state index in [1.165, 1.54) is 16.8 Å². The van der Waals surface area contributed by atoms with Crippen LogP contribution >= 0.6 is 0 Å². The zero-order valence-electron chi connectivity index (χ0n) is 12.3. The lowest BCUT2D eigenvalue weighted by Gasteiger charge is -2.18. The topological polar surface area (TPSA) is 29.9 Å². The molecule has 1 aromatic heterocycles. The number of benzene rings is 1. The fraction of sp³-hybridized carbons (Fsp3) is 0.438. The lowest BCUT2D eigenvalue weighted by Crippen LogP contribution is -2.23. The largest absolute Gasteiger partial charge is 0.310 e. The predicted octanol–water partition coefficient (Wildman–Crippen LogP) is 2.93. The molecule has 1 atom stereocenters. The van der Waals surface area contributed by atoms with E-state index in [1.54, 1.807) is 0 Å². The van der Waals surface area contributed by atoms with Gasteiger partial charge in [-0.1, -0.05) is 37.3 Å². The highest BCUT2D eigenvalue weighted by atomic mass is 15.3. The second kappa shape index (κ2) is 6.02. The van der Waals surface area contributed by atoms with Crippen LogP contribution in [0.5, 0.6) is 0 Å². The highest BCUT2D eigenvalue weighted by Crippen LogP contribution is 2.22. The van der Waals surface area contributed by atoms with E-state index in [0.29, 0.717) is 6.04 Å². The quantitative estimate of drug-likeness (QED) is 0.892. The molecular formula is C16H23N3. The van der Waals surface area contributed by atoms with Crippen molar-refractivity contribution >= 4 is 0 Å². The fourth-order valence-electron chi connectivity index (χ4n) is 2.56. The number of aryl methyl sites for hydroxylation is 2. The Balaban J connectivity index is 2.26. The lowest BCUT2D eigenvalue weighted by atomic mass is 9.97. The first kappa shape index (κ1) is 13.8. The third-order valence-electron chi connectivity index (χ3n) is 3.72. The first-order valence-electron chi connectivity index (χ1n) is 6.90. The van der Waals surface area contributed by atoms with Crippen LogP contribution in [0.1, 0.15) is 35.5 Å². The SMILES string of the molecule is CCNC(Cc1c(C)nn(C)c1C)c1ccccc1. The number of nitrogens with zero attached hydrogens (tertiary/aromatic N) is 2. The smallest absolute Gasteiger partial charge is 0.0629 e. The van der Waals surface area contributed by atoms with Gasteiger partial charge in [0.05, 0.1) is 5.69 Å². The molecule has 1 aromatic carbocycles. The van der Waals surface area contributed by atoms with E-state index in [1.807, 2.05) is 11.7 Å². The highest BCUT2D eigenvalue weighted by Gasteiger charge is 2.16. The van der Waals surface area contributed by atoms with Gasteiger partial charge in [-0.05, 0) is 37.9 Å². The van der Waals surface area contributed by atoms with E-state index < -0.39 is 0 Å². The van der Waals surface area contributed by atoms with Gasteiger partial charge in [0.25, 0.3) is 0 Å². The Bertz CT molecular complexity index is 528. The molecule has 0 saturated heterocycles. The molecule has 2 rings (SSSR count). The van der Waals surface area contributed by atoms with E-state index in [9.17, 15) is 0 Å². The molecule has 0 aliphatic heterocycles. The first-order valence-corrected chi connectivity index (χ1v) is 6.90. The van der Waals surface area contributed by atoms with Crippen molar-refractivity contribution in [1.82, 2.24) is 15.1 Å². The minimum Gasteiger partial charge on any atom is -0.310 e. The van der Waals surface area contributed by atoms with E-state index in [4.69, 9.17) is 0 Å². The fourth-order valence-corrected chi connectivity index (χ4v) is 2.56. The van der Waals surface area contributed by atoms with Gasteiger partial charge in [-0.25, -0.2) is 0 Å². The second-order valence-electron chi connectivity index (χ2n) is 5.00. The molecule has 19 heavy (non-hydrogen) atoms. The maximum Gasteiger partial charge on any atom is 0.0629 e. The number of hydrogen-bond donors (Lipinski definition) is 1. The molecule has 102 valence electrons. The molecule has 0 saturated carbocycles. The van der Waals surface area contributed by atoms with E-state index in [0.717, 1.165) is 18.7 Å². The van der Waals surface area contributed by atoms with Crippen LogP contribution in [-0.2, 0) is 13.5 Å². The van der Waals surface area contributed by atoms with E-state index in [2.05, 4.69) is 61.5 Å². The molecule has 1 heterocycles. The zero-order valence-corrected chi connectivity index (χ0v) is 12.3. The Morgan fingerprint density at radius 2 is 1.89 bits per heavy atom. The summed E-state index contributed by atoms with van der Waals surface area (Å²) >= 11 is 0. The van der Waals surface area contributed by atoms with Gasteiger partial charge in [-0.15, -0.1) is 0 Å². The summed E-state index contributed by atoms with van der Waals surface area (Å²) in [5.74, 6) is 0. The maximum absolute atomic E-state index is 4.51. The summed E-state index contributed by atoms with van der Waals surface area (Å²) in [5, 5.41) is 8.08. The van der Waals surface area contributed by atoms with Gasteiger partial charge in [-0.3, -0.25) is 4.68 Å². The van der Waals surface area contributed by atoms with Crippen LogP contribution in [0.25, 0.3) is 0 Å². The van der Waals surface area contributed by atoms with Crippen molar-refractivity contribution in [2.75, 3.05) is 6.54 Å². The minimum absolute atomic E-state index is 0.354. The average molecular weight is 257 g/mol. The Labute approximate surface area is 115 Å². The number of likely N-dealkylation sites (N-methyl/N-ethyl adjacent to an activating group) is 1. The van der Waals surface area contributed by atoms with Crippen LogP contribution in [0.3, 0.4) is 0 Å². The summed E-state index contributed by atoms with van der Waals surface area (Å²) in [6, 6.07) is 11.0. The van der Waals surface area contributed by atoms with Crippen molar-refractivity contribution in [3.8, 4) is 0 Å². The third kappa shape index (κ3) is 3.04. The standard InChI is InChI=1S/C16H23N3/c1-5-17-16(14-9-7-6-8-10-14)11-15-12(2)18-19(4)13(15)3/h6-10,16-17H,5,11H2,1-4H3. The van der Waals surface area contributed by atoms with E-state index >= 15 is 0 Å². The summed E-state index contributed by atoms with van der Waals surface area (Å²) in [7, 11) is 2.01. The van der Waals surface area contributed by atoms with Gasteiger partial charge in [-0.2, -0.15) is 5.10 Å². The molecule has 2 aromatic rings. The van der Waals surface area contributed by atoms with Crippen molar-refractivity contribution in [1.29, 1.82) is 0 Å². The lowest BCUT2D eigenvalue weighted by molar-refractivity contribution is 0.547. The average Bonchev–Trinajstić information content (AvgIpc) is 2.65. The van der Waals surface area contributed by atoms with Gasteiger partial charge in [0.1, 0.15) is 0 Å². The molecule has 0 spiro atoms. The molecule has 0 amide bonds. The molecule has 1 N–H and O–H groups in total. The van der Waals surface area contributed by atoms with E-state index in [-0.39, 0.29) is 0 Å². The van der Waals surface area contributed by atoms with Gasteiger partial charge in [0.15, 0.2) is 0 Å². The molecule has 3 nitrogen and oxygen atoms in total. The Hall–Kier alpha value is -1.61. The molecular weight excluding hydrogens is 234 g/mol. The van der Waals surface area contributed by atoms with Gasteiger partial charge in [0.2, 0.25) is 0 Å². The van der Waals surface area contributed by atoms with Gasteiger partial charge < -0.3 is 5.32 Å². The van der Waals surface area contributed by atoms with Crippen LogP contribution in [0.4, 0.5) is 0 Å². The van der Waals surface area contributed by atoms with Crippen LogP contribution in [0.15, 0.2) is 30.3 Å². The molecule has 0 aliphatic carbocycles. The predicted molar refractivity (Wildman–Crippen MR) is 79.2 cm³/mol. The highest BCUT2D eigenvalue weighted by molar-refractivity contribution is 5.28. The Morgan fingerprint density at radius 3 is 2.42 bits per heavy atom. The van der Waals surface area contributed by atoms with Crippen molar-refractivity contribution in [2.45, 2.75) is 33.2 Å². The van der Waals surface area contributed by atoms with Crippen LogP contribution in [0.2, 0.25) is 0 Å². The maximum atomic E-state index is 4.51. The minimum atomic E-state index is 0.354. The molecule has 0 bridgehead atoms. The normalized spacial score (nSPS) is 12.6. The summed E-state index contributed by atoms with van der Waals surface area (Å²) in [6.45, 7) is 7.36. The number of rotatable bonds is 5. The zero-order chi connectivity index (χ0) is 13.8. The molecule has 3 heteroatoms. The molecule has 1 unspecified atom stereocenters. The molecule has 0 radical (unpaired) electrons. The Morgan fingerprint density at radius 1 is 1.21 bits per heavy atom. The number of nitrogens with one attached hydrogen (secondary N) is 1. The summed E-state index contributed by atoms with van der Waals surface area (Å²) < 4.78 is 1.97. The monoisotopic (exact) mass is 257 g/mol. The van der Waals surface area contributed by atoms with Crippen LogP contribution in [0, 0.1) is 13.8 Å². The Kier molecular flexibility index (Phi) is 4.38. The van der Waals surface area contributed by atoms with Crippen molar-refractivity contribution in [3.63, 3.8) is 0 Å². The summed E-state index contributed by atoms with van der Waals surface area (Å²) in [5.41, 5.74) is 5.10. The van der Waals surface area contributed by atoms with Gasteiger partial charge >= 0.3 is 0 Å². The molecule has 0 aliphatic rings. The van der Waals surface area contributed by atoms with Crippen molar-refractivity contribution in [2.24, 2.45) is 7.05 Å². The van der Waals surface area contributed by atoms with Gasteiger partial charge in [0, 0.05) is 18.8 Å². The summed E-state index contributed by atoms with van der Waals surface area (Å²) in [6.07, 6.45) is 0.989. The summed E-state index contributed by atoms with van der Waals surface area (Å²) in [4.78, 5) is 0. The van der Waals surface area contributed by atoms with Crippen LogP contribution in [-0.4, -0.2) is 16.3 Å². The number of aromatic nitrogens is 2. The van der Waals surface area contributed by atoms with Crippen molar-refractivity contribution < 1.29 is 0 Å². The van der Waals surface area contributed by atoms with Crippen LogP contribution < -0.4 is 5.32 Å². The first-order chi connectivity index (χ1) is 9.13.